The molecule has 0 atom stereocenters. The second-order valence-electron chi connectivity index (χ2n) is 7.26. The summed E-state index contributed by atoms with van der Waals surface area (Å²) in [6, 6.07) is 10.1. The second-order valence-corrected chi connectivity index (χ2v) is 7.70. The minimum Gasteiger partial charge on any atom is -0.331 e. The number of aryl methyl sites for hydroxylation is 2. The minimum atomic E-state index is -0.372. The lowest BCUT2D eigenvalue weighted by Gasteiger charge is -2.24. The highest BCUT2D eigenvalue weighted by molar-refractivity contribution is 6.31. The Hall–Kier alpha value is -2.40. The van der Waals surface area contributed by atoms with E-state index in [2.05, 4.69) is 4.98 Å². The summed E-state index contributed by atoms with van der Waals surface area (Å²) in [5.74, 6) is 0.456. The number of benzene rings is 2. The van der Waals surface area contributed by atoms with Crippen molar-refractivity contribution < 1.29 is 9.18 Å². The quantitative estimate of drug-likeness (QED) is 0.619. The normalized spacial score (nSPS) is 11.4. The van der Waals surface area contributed by atoms with E-state index < -0.39 is 0 Å². The fraction of sp³-hybridized carbons (Fsp3) is 0.333. The zero-order valence-electron chi connectivity index (χ0n) is 16.0. The average Bonchev–Trinajstić information content (AvgIpc) is 2.91. The van der Waals surface area contributed by atoms with Crippen LogP contribution in [0.2, 0.25) is 5.02 Å². The molecule has 3 aromatic rings. The summed E-state index contributed by atoms with van der Waals surface area (Å²) in [7, 11) is 1.91. The van der Waals surface area contributed by atoms with Gasteiger partial charge in [-0.25, -0.2) is 9.37 Å². The Morgan fingerprint density at radius 3 is 2.67 bits per heavy atom. The van der Waals surface area contributed by atoms with Gasteiger partial charge in [0.15, 0.2) is 0 Å². The maximum absolute atomic E-state index is 13.9. The van der Waals surface area contributed by atoms with Crippen molar-refractivity contribution in [2.75, 3.05) is 6.54 Å². The second kappa shape index (κ2) is 7.69. The van der Waals surface area contributed by atoms with Gasteiger partial charge in [-0.3, -0.25) is 4.79 Å². The Morgan fingerprint density at radius 2 is 2.00 bits per heavy atom. The summed E-state index contributed by atoms with van der Waals surface area (Å²) in [4.78, 5) is 19.4. The van der Waals surface area contributed by atoms with Gasteiger partial charge < -0.3 is 9.47 Å². The molecule has 27 heavy (non-hydrogen) atoms. The van der Waals surface area contributed by atoms with E-state index in [1.54, 1.807) is 30.0 Å². The zero-order chi connectivity index (χ0) is 19.7. The first kappa shape index (κ1) is 19.4. The molecule has 0 saturated carbocycles. The molecule has 1 amide bonds. The van der Waals surface area contributed by atoms with E-state index >= 15 is 0 Å². The molecule has 0 radical (unpaired) electrons. The maximum Gasteiger partial charge on any atom is 0.254 e. The Balaban J connectivity index is 1.94. The van der Waals surface area contributed by atoms with E-state index in [1.165, 1.54) is 6.07 Å². The van der Waals surface area contributed by atoms with Crippen molar-refractivity contribution in [3.63, 3.8) is 0 Å². The largest absolute Gasteiger partial charge is 0.331 e. The topological polar surface area (TPSA) is 38.1 Å². The van der Waals surface area contributed by atoms with E-state index in [-0.39, 0.29) is 17.6 Å². The number of imidazole rings is 1. The molecule has 6 heteroatoms. The Bertz CT molecular complexity index is 997. The molecule has 0 unspecified atom stereocenters. The monoisotopic (exact) mass is 387 g/mol. The third kappa shape index (κ3) is 4.14. The highest BCUT2D eigenvalue weighted by Gasteiger charge is 2.21. The van der Waals surface area contributed by atoms with Crippen LogP contribution in [0.3, 0.4) is 0 Å². The number of hydrogen-bond acceptors (Lipinski definition) is 2. The number of carbonyl (C=O) groups is 1. The standard InChI is InChI=1S/C21H23ClFN3O/c1-13(2)11-26(21(27)15-6-5-14(3)17(23)9-15)12-20-24-18-8-7-16(22)10-19(18)25(20)4/h5-10,13H,11-12H2,1-4H3. The molecule has 4 nitrogen and oxygen atoms in total. The van der Waals surface area contributed by atoms with Crippen LogP contribution in [0.25, 0.3) is 11.0 Å². The van der Waals surface area contributed by atoms with Crippen LogP contribution in [0.4, 0.5) is 4.39 Å². The van der Waals surface area contributed by atoms with Gasteiger partial charge >= 0.3 is 0 Å². The molecule has 0 aliphatic heterocycles. The first-order valence-electron chi connectivity index (χ1n) is 8.92. The van der Waals surface area contributed by atoms with Gasteiger partial charge in [0.1, 0.15) is 11.6 Å². The van der Waals surface area contributed by atoms with E-state index in [0.717, 1.165) is 16.9 Å². The van der Waals surface area contributed by atoms with Crippen LogP contribution < -0.4 is 0 Å². The van der Waals surface area contributed by atoms with Crippen molar-refractivity contribution in [2.45, 2.75) is 27.3 Å². The molecular formula is C21H23ClFN3O. The molecule has 1 heterocycles. The fourth-order valence-electron chi connectivity index (χ4n) is 3.09. The summed E-state index contributed by atoms with van der Waals surface area (Å²) < 4.78 is 15.9. The van der Waals surface area contributed by atoms with Gasteiger partial charge in [-0.15, -0.1) is 0 Å². The average molecular weight is 388 g/mol. The first-order valence-corrected chi connectivity index (χ1v) is 9.30. The fourth-order valence-corrected chi connectivity index (χ4v) is 3.26. The highest BCUT2D eigenvalue weighted by atomic mass is 35.5. The van der Waals surface area contributed by atoms with E-state index in [0.29, 0.717) is 29.2 Å². The van der Waals surface area contributed by atoms with Gasteiger partial charge in [0.25, 0.3) is 5.91 Å². The summed E-state index contributed by atoms with van der Waals surface area (Å²) in [5, 5.41) is 0.641. The van der Waals surface area contributed by atoms with Crippen molar-refractivity contribution in [2.24, 2.45) is 13.0 Å². The SMILES string of the molecule is Cc1ccc(C(=O)N(Cc2nc3ccc(Cl)cc3n2C)CC(C)C)cc1F. The van der Waals surface area contributed by atoms with E-state index in [1.807, 2.05) is 37.6 Å². The van der Waals surface area contributed by atoms with E-state index in [4.69, 9.17) is 11.6 Å². The molecule has 0 aliphatic rings. The Labute approximate surface area is 163 Å². The molecule has 0 fully saturated rings. The summed E-state index contributed by atoms with van der Waals surface area (Å²) >= 11 is 6.09. The number of halogens is 2. The zero-order valence-corrected chi connectivity index (χ0v) is 16.7. The van der Waals surface area contributed by atoms with Gasteiger partial charge in [-0.05, 0) is 48.7 Å². The summed E-state index contributed by atoms with van der Waals surface area (Å²) in [6.07, 6.45) is 0. The van der Waals surface area contributed by atoms with Crippen LogP contribution >= 0.6 is 11.6 Å². The predicted molar refractivity (Wildman–Crippen MR) is 106 cm³/mol. The van der Waals surface area contributed by atoms with Crippen LogP contribution in [0.15, 0.2) is 36.4 Å². The van der Waals surface area contributed by atoms with Crippen LogP contribution in [0, 0.1) is 18.7 Å². The summed E-state index contributed by atoms with van der Waals surface area (Å²) in [5.41, 5.74) is 2.61. The molecule has 0 saturated heterocycles. The van der Waals surface area contributed by atoms with Gasteiger partial charge in [0.05, 0.1) is 17.6 Å². The highest BCUT2D eigenvalue weighted by Crippen LogP contribution is 2.21. The van der Waals surface area contributed by atoms with Gasteiger partial charge in [0, 0.05) is 24.2 Å². The summed E-state index contributed by atoms with van der Waals surface area (Å²) in [6.45, 7) is 6.67. The molecule has 0 aliphatic carbocycles. The van der Waals surface area contributed by atoms with Crippen molar-refractivity contribution in [1.29, 1.82) is 0 Å². The molecule has 0 spiro atoms. The number of aromatic nitrogens is 2. The van der Waals surface area contributed by atoms with E-state index in [9.17, 15) is 9.18 Å². The van der Waals surface area contributed by atoms with Gasteiger partial charge in [-0.2, -0.15) is 0 Å². The molecular weight excluding hydrogens is 365 g/mol. The first-order chi connectivity index (χ1) is 12.8. The number of rotatable bonds is 5. The number of hydrogen-bond donors (Lipinski definition) is 0. The Kier molecular flexibility index (Phi) is 5.51. The molecule has 3 rings (SSSR count). The lowest BCUT2D eigenvalue weighted by Crippen LogP contribution is -2.34. The van der Waals surface area contributed by atoms with Crippen LogP contribution in [0.1, 0.15) is 35.6 Å². The third-order valence-electron chi connectivity index (χ3n) is 4.56. The minimum absolute atomic E-state index is 0.201. The lowest BCUT2D eigenvalue weighted by molar-refractivity contribution is 0.0716. The van der Waals surface area contributed by atoms with Crippen LogP contribution in [-0.4, -0.2) is 26.9 Å². The Morgan fingerprint density at radius 1 is 1.26 bits per heavy atom. The van der Waals surface area contributed by atoms with Crippen molar-refractivity contribution in [3.05, 3.63) is 64.2 Å². The van der Waals surface area contributed by atoms with Crippen LogP contribution in [0.5, 0.6) is 0 Å². The molecule has 0 bridgehead atoms. The van der Waals surface area contributed by atoms with Crippen molar-refractivity contribution in [1.82, 2.24) is 14.5 Å². The molecule has 142 valence electrons. The number of nitrogens with zero attached hydrogens (tertiary/aromatic N) is 3. The number of carbonyl (C=O) groups excluding carboxylic acids is 1. The number of amides is 1. The number of fused-ring (bicyclic) bond motifs is 1. The van der Waals surface area contributed by atoms with Gasteiger partial charge in [0.2, 0.25) is 0 Å². The lowest BCUT2D eigenvalue weighted by atomic mass is 10.1. The van der Waals surface area contributed by atoms with Crippen molar-refractivity contribution >= 4 is 28.5 Å². The van der Waals surface area contributed by atoms with Crippen LogP contribution in [-0.2, 0) is 13.6 Å². The molecule has 0 N–H and O–H groups in total. The predicted octanol–water partition coefficient (Wildman–Crippen LogP) is 4.97. The molecule has 2 aromatic carbocycles. The maximum atomic E-state index is 13.9. The smallest absolute Gasteiger partial charge is 0.254 e. The third-order valence-corrected chi connectivity index (χ3v) is 4.79. The van der Waals surface area contributed by atoms with Gasteiger partial charge in [-0.1, -0.05) is 31.5 Å². The van der Waals surface area contributed by atoms with Crippen molar-refractivity contribution in [3.8, 4) is 0 Å². The molecule has 1 aromatic heterocycles.